The molecule has 4 aromatic carbocycles. The van der Waals surface area contributed by atoms with Crippen LogP contribution in [0.1, 0.15) is 15.2 Å². The molecular formula is C30H24NO+. The molecule has 0 spiro atoms. The average Bonchev–Trinajstić information content (AvgIpc) is 3.21. The molecule has 154 valence electrons. The normalized spacial score (nSPS) is 13.4. The number of fused-ring (bicyclic) bond motifs is 5. The van der Waals surface area contributed by atoms with Crippen molar-refractivity contribution in [1.82, 2.24) is 0 Å². The second kappa shape index (κ2) is 7.06. The zero-order chi connectivity index (χ0) is 24.3. The fraction of sp³-hybridized carbons (Fsp3) is 0.100. The van der Waals surface area contributed by atoms with Gasteiger partial charge in [-0.05, 0) is 59.4 Å². The van der Waals surface area contributed by atoms with Crippen LogP contribution in [0.3, 0.4) is 0 Å². The van der Waals surface area contributed by atoms with Crippen molar-refractivity contribution in [3.05, 3.63) is 102 Å². The van der Waals surface area contributed by atoms with Crippen molar-refractivity contribution < 1.29 is 13.1 Å². The van der Waals surface area contributed by atoms with Gasteiger partial charge in [0.25, 0.3) is 0 Å². The molecular weight excluding hydrogens is 390 g/mol. The van der Waals surface area contributed by atoms with Crippen LogP contribution >= 0.6 is 0 Å². The largest absolute Gasteiger partial charge is 0.456 e. The van der Waals surface area contributed by atoms with E-state index in [2.05, 4.69) is 43.3 Å². The van der Waals surface area contributed by atoms with Gasteiger partial charge in [-0.2, -0.15) is 0 Å². The first-order valence-corrected chi connectivity index (χ1v) is 10.8. The van der Waals surface area contributed by atoms with Gasteiger partial charge in [-0.1, -0.05) is 60.7 Å². The summed E-state index contributed by atoms with van der Waals surface area (Å²) in [6, 6.07) is 28.5. The van der Waals surface area contributed by atoms with Gasteiger partial charge in [0.1, 0.15) is 18.2 Å². The van der Waals surface area contributed by atoms with Crippen LogP contribution in [0.5, 0.6) is 0 Å². The summed E-state index contributed by atoms with van der Waals surface area (Å²) >= 11 is 0. The molecule has 0 N–H and O–H groups in total. The molecule has 0 aliphatic heterocycles. The molecule has 32 heavy (non-hydrogen) atoms. The Morgan fingerprint density at radius 1 is 0.750 bits per heavy atom. The maximum atomic E-state index is 8.14. The van der Waals surface area contributed by atoms with Gasteiger partial charge in [-0.3, -0.25) is 0 Å². The third kappa shape index (κ3) is 2.84. The highest BCUT2D eigenvalue weighted by Crippen LogP contribution is 2.38. The summed E-state index contributed by atoms with van der Waals surface area (Å²) in [5, 5.41) is 4.48. The van der Waals surface area contributed by atoms with Gasteiger partial charge in [0.15, 0.2) is 6.20 Å². The van der Waals surface area contributed by atoms with Crippen LogP contribution in [-0.4, -0.2) is 0 Å². The molecule has 2 aromatic heterocycles. The van der Waals surface area contributed by atoms with E-state index < -0.39 is 6.85 Å². The van der Waals surface area contributed by atoms with Crippen LogP contribution in [0.4, 0.5) is 0 Å². The lowest BCUT2D eigenvalue weighted by Gasteiger charge is -2.10. The van der Waals surface area contributed by atoms with E-state index in [1.807, 2.05) is 60.1 Å². The summed E-state index contributed by atoms with van der Waals surface area (Å²) in [5.41, 5.74) is 6.73. The van der Waals surface area contributed by atoms with Crippen LogP contribution in [0.15, 0.2) is 95.5 Å². The van der Waals surface area contributed by atoms with E-state index in [1.54, 1.807) is 6.20 Å². The standard InChI is InChI=1S/C30H24NO/c1-19-15-29-26(30-23-12-8-7-11-22(23)13-14-28(30)32-29)16-25(19)27-17-24(20(2)18-31(27)3)21-9-5-4-6-10-21/h4-18H,1-3H3/q+1/i2D3. The van der Waals surface area contributed by atoms with Crippen molar-refractivity contribution in [2.45, 2.75) is 13.8 Å². The van der Waals surface area contributed by atoms with E-state index >= 15 is 0 Å². The Morgan fingerprint density at radius 3 is 2.41 bits per heavy atom. The van der Waals surface area contributed by atoms with E-state index in [-0.39, 0.29) is 0 Å². The topological polar surface area (TPSA) is 17.0 Å². The molecule has 0 unspecified atom stereocenters. The molecule has 0 bridgehead atoms. The first kappa shape index (κ1) is 15.8. The fourth-order valence-corrected chi connectivity index (χ4v) is 4.74. The lowest BCUT2D eigenvalue weighted by Crippen LogP contribution is -2.31. The van der Waals surface area contributed by atoms with E-state index in [0.29, 0.717) is 5.56 Å². The summed E-state index contributed by atoms with van der Waals surface area (Å²) in [6.45, 7) is -0.153. The molecule has 0 radical (unpaired) electrons. The highest BCUT2D eigenvalue weighted by Gasteiger charge is 2.20. The summed E-state index contributed by atoms with van der Waals surface area (Å²) in [6.07, 6.45) is 1.75. The van der Waals surface area contributed by atoms with Crippen molar-refractivity contribution in [3.63, 3.8) is 0 Å². The zero-order valence-electron chi connectivity index (χ0n) is 21.0. The lowest BCUT2D eigenvalue weighted by atomic mass is 9.95. The molecule has 0 saturated heterocycles. The summed E-state index contributed by atoms with van der Waals surface area (Å²) in [4.78, 5) is 0. The molecule has 0 amide bonds. The smallest absolute Gasteiger partial charge is 0.213 e. The number of aromatic nitrogens is 1. The zero-order valence-corrected chi connectivity index (χ0v) is 18.0. The lowest BCUT2D eigenvalue weighted by molar-refractivity contribution is -0.660. The van der Waals surface area contributed by atoms with Gasteiger partial charge in [0.05, 0.1) is 0 Å². The Hall–Kier alpha value is -3.91. The van der Waals surface area contributed by atoms with Gasteiger partial charge in [0, 0.05) is 32.1 Å². The second-order valence-electron chi connectivity index (χ2n) is 8.39. The number of hydrogen-bond acceptors (Lipinski definition) is 1. The van der Waals surface area contributed by atoms with Crippen molar-refractivity contribution in [1.29, 1.82) is 0 Å². The predicted molar refractivity (Wildman–Crippen MR) is 133 cm³/mol. The van der Waals surface area contributed by atoms with E-state index in [4.69, 9.17) is 8.53 Å². The van der Waals surface area contributed by atoms with Crippen molar-refractivity contribution in [2.75, 3.05) is 0 Å². The van der Waals surface area contributed by atoms with Gasteiger partial charge in [-0.25, -0.2) is 4.57 Å². The molecule has 2 heteroatoms. The predicted octanol–water partition coefficient (Wildman–Crippen LogP) is 7.51. The monoisotopic (exact) mass is 417 g/mol. The van der Waals surface area contributed by atoms with Crippen LogP contribution < -0.4 is 4.57 Å². The Bertz CT molecular complexity index is 1750. The molecule has 0 aliphatic rings. The minimum atomic E-state index is -2.22. The Labute approximate surface area is 191 Å². The van der Waals surface area contributed by atoms with Crippen LogP contribution in [0, 0.1) is 13.8 Å². The van der Waals surface area contributed by atoms with Crippen LogP contribution in [0.25, 0.3) is 55.1 Å². The molecule has 2 nitrogen and oxygen atoms in total. The number of pyridine rings is 1. The highest BCUT2D eigenvalue weighted by atomic mass is 16.3. The highest BCUT2D eigenvalue weighted by molar-refractivity contribution is 6.19. The Morgan fingerprint density at radius 2 is 1.56 bits per heavy atom. The molecule has 2 heterocycles. The van der Waals surface area contributed by atoms with Gasteiger partial charge < -0.3 is 4.42 Å². The second-order valence-corrected chi connectivity index (χ2v) is 8.39. The van der Waals surface area contributed by atoms with E-state index in [9.17, 15) is 0 Å². The number of aryl methyl sites for hydroxylation is 3. The fourth-order valence-electron chi connectivity index (χ4n) is 4.74. The number of rotatable bonds is 2. The molecule has 0 atom stereocenters. The molecule has 6 aromatic rings. The van der Waals surface area contributed by atoms with E-state index in [0.717, 1.165) is 55.3 Å². The summed E-state index contributed by atoms with van der Waals surface area (Å²) < 4.78 is 32.6. The third-order valence-electron chi connectivity index (χ3n) is 6.34. The maximum Gasteiger partial charge on any atom is 0.213 e. The number of hydrogen-bond donors (Lipinski definition) is 0. The first-order chi connectivity index (χ1) is 16.8. The minimum Gasteiger partial charge on any atom is -0.456 e. The summed E-state index contributed by atoms with van der Waals surface area (Å²) in [5.74, 6) is 0. The van der Waals surface area contributed by atoms with Crippen molar-refractivity contribution >= 4 is 32.7 Å². The molecule has 0 fully saturated rings. The SMILES string of the molecule is [2H]C([2H])([2H])c1c[n+](C)c(-c2cc3c(cc2C)oc2ccc4ccccc4c23)cc1-c1ccccc1. The van der Waals surface area contributed by atoms with Crippen molar-refractivity contribution in [3.8, 4) is 22.4 Å². The third-order valence-corrected chi connectivity index (χ3v) is 6.34. The van der Waals surface area contributed by atoms with Crippen LogP contribution in [0.2, 0.25) is 0 Å². The van der Waals surface area contributed by atoms with Gasteiger partial charge >= 0.3 is 0 Å². The molecule has 6 rings (SSSR count). The number of furan rings is 1. The average molecular weight is 418 g/mol. The summed E-state index contributed by atoms with van der Waals surface area (Å²) in [7, 11) is 1.91. The molecule has 0 saturated carbocycles. The Balaban J connectivity index is 1.66. The van der Waals surface area contributed by atoms with Crippen LogP contribution in [-0.2, 0) is 7.05 Å². The maximum absolute atomic E-state index is 8.14. The van der Waals surface area contributed by atoms with Crippen molar-refractivity contribution in [2.24, 2.45) is 7.05 Å². The van der Waals surface area contributed by atoms with Gasteiger partial charge in [-0.15, -0.1) is 0 Å². The number of nitrogens with zero attached hydrogens (tertiary/aromatic N) is 1. The minimum absolute atomic E-state index is 0.341. The van der Waals surface area contributed by atoms with Gasteiger partial charge in [0.2, 0.25) is 5.69 Å². The number of benzene rings is 4. The quantitative estimate of drug-likeness (QED) is 0.266. The van der Waals surface area contributed by atoms with E-state index in [1.165, 1.54) is 5.39 Å². The molecule has 0 aliphatic carbocycles. The first-order valence-electron chi connectivity index (χ1n) is 12.3. The Kier molecular flexibility index (Phi) is 3.49.